The minimum absolute atomic E-state index is 0.253. The smallest absolute Gasteiger partial charge is 0.340 e. The topological polar surface area (TPSA) is 89.5 Å². The number of hydrogen-bond donors (Lipinski definition) is 2. The first-order chi connectivity index (χ1) is 14.1. The van der Waals surface area contributed by atoms with E-state index in [9.17, 15) is 9.59 Å². The normalized spacial score (nSPS) is 10.1. The van der Waals surface area contributed by atoms with Crippen molar-refractivity contribution in [3.63, 3.8) is 0 Å². The maximum absolute atomic E-state index is 12.7. The van der Waals surface area contributed by atoms with Crippen molar-refractivity contribution in [3.05, 3.63) is 78.1 Å². The van der Waals surface area contributed by atoms with Crippen LogP contribution in [-0.4, -0.2) is 30.6 Å². The fourth-order valence-electron chi connectivity index (χ4n) is 2.67. The number of nitrogens with zero attached hydrogens (tertiary/aromatic N) is 1. The Bertz CT molecular complexity index is 1020. The molecule has 2 aromatic carbocycles. The van der Waals surface area contributed by atoms with Crippen LogP contribution in [0, 0.1) is 0 Å². The number of methoxy groups -OCH3 is 1. The van der Waals surface area contributed by atoms with Gasteiger partial charge < -0.3 is 20.1 Å². The van der Waals surface area contributed by atoms with E-state index < -0.39 is 5.97 Å². The van der Waals surface area contributed by atoms with E-state index >= 15 is 0 Å². The molecular weight excluding hydrogens is 370 g/mol. The van der Waals surface area contributed by atoms with E-state index in [1.807, 2.05) is 24.3 Å². The lowest BCUT2D eigenvalue weighted by molar-refractivity contribution is 0.0527. The molecule has 1 heterocycles. The number of aromatic nitrogens is 1. The van der Waals surface area contributed by atoms with Gasteiger partial charge in [0.25, 0.3) is 5.91 Å². The van der Waals surface area contributed by atoms with Gasteiger partial charge in [-0.3, -0.25) is 9.78 Å². The Kier molecular flexibility index (Phi) is 6.42. The van der Waals surface area contributed by atoms with Crippen molar-refractivity contribution < 1.29 is 19.1 Å². The molecule has 7 nitrogen and oxygen atoms in total. The highest BCUT2D eigenvalue weighted by molar-refractivity contribution is 6.08. The van der Waals surface area contributed by atoms with Crippen molar-refractivity contribution in [1.29, 1.82) is 0 Å². The van der Waals surface area contributed by atoms with Crippen LogP contribution in [0.15, 0.2) is 67.0 Å². The number of pyridine rings is 1. The zero-order valence-electron chi connectivity index (χ0n) is 16.1. The number of carbonyl (C=O) groups is 2. The number of nitrogens with one attached hydrogen (secondary N) is 2. The Morgan fingerprint density at radius 3 is 2.62 bits per heavy atom. The highest BCUT2D eigenvalue weighted by atomic mass is 16.5. The van der Waals surface area contributed by atoms with Gasteiger partial charge in [-0.15, -0.1) is 0 Å². The maximum atomic E-state index is 12.7. The second-order valence-electron chi connectivity index (χ2n) is 6.04. The Morgan fingerprint density at radius 1 is 1.00 bits per heavy atom. The van der Waals surface area contributed by atoms with Crippen molar-refractivity contribution in [2.45, 2.75) is 6.92 Å². The largest absolute Gasteiger partial charge is 0.497 e. The van der Waals surface area contributed by atoms with Gasteiger partial charge in [-0.25, -0.2) is 4.79 Å². The molecule has 0 aliphatic carbocycles. The molecule has 148 valence electrons. The number of hydrogen-bond acceptors (Lipinski definition) is 6. The SMILES string of the molecule is CCOC(=O)c1ccccc1NC(=O)c1cncc(Nc2cccc(OC)c2)c1. The number of esters is 1. The van der Waals surface area contributed by atoms with E-state index in [2.05, 4.69) is 15.6 Å². The van der Waals surface area contributed by atoms with E-state index in [0.717, 1.165) is 5.69 Å². The lowest BCUT2D eigenvalue weighted by atomic mass is 10.1. The molecule has 3 rings (SSSR count). The molecule has 3 aromatic rings. The number of ether oxygens (including phenoxy) is 2. The molecule has 0 atom stereocenters. The highest BCUT2D eigenvalue weighted by Crippen LogP contribution is 2.22. The van der Waals surface area contributed by atoms with Crippen LogP contribution < -0.4 is 15.4 Å². The van der Waals surface area contributed by atoms with Crippen LogP contribution in [0.4, 0.5) is 17.1 Å². The van der Waals surface area contributed by atoms with Gasteiger partial charge in [0.1, 0.15) is 5.75 Å². The van der Waals surface area contributed by atoms with Crippen LogP contribution >= 0.6 is 0 Å². The van der Waals surface area contributed by atoms with E-state index in [0.29, 0.717) is 28.3 Å². The van der Waals surface area contributed by atoms with E-state index in [-0.39, 0.29) is 12.5 Å². The fourth-order valence-corrected chi connectivity index (χ4v) is 2.67. The molecule has 0 aliphatic rings. The van der Waals surface area contributed by atoms with Crippen LogP contribution in [0.1, 0.15) is 27.6 Å². The van der Waals surface area contributed by atoms with Crippen LogP contribution in [-0.2, 0) is 4.74 Å². The molecule has 0 saturated carbocycles. The fraction of sp³-hybridized carbons (Fsp3) is 0.136. The zero-order valence-corrected chi connectivity index (χ0v) is 16.1. The minimum atomic E-state index is -0.491. The van der Waals surface area contributed by atoms with Crippen LogP contribution in [0.5, 0.6) is 5.75 Å². The number of anilines is 3. The average Bonchev–Trinajstić information content (AvgIpc) is 2.74. The summed E-state index contributed by atoms with van der Waals surface area (Å²) < 4.78 is 10.2. The number of carbonyl (C=O) groups excluding carboxylic acids is 2. The summed E-state index contributed by atoms with van der Waals surface area (Å²) in [6.07, 6.45) is 3.07. The third-order valence-corrected chi connectivity index (χ3v) is 4.03. The third-order valence-electron chi connectivity index (χ3n) is 4.03. The zero-order chi connectivity index (χ0) is 20.6. The number of para-hydroxylation sites is 1. The average molecular weight is 391 g/mol. The molecule has 0 aliphatic heterocycles. The third kappa shape index (κ3) is 5.10. The highest BCUT2D eigenvalue weighted by Gasteiger charge is 2.15. The summed E-state index contributed by atoms with van der Waals surface area (Å²) >= 11 is 0. The van der Waals surface area contributed by atoms with Gasteiger partial charge in [0.15, 0.2) is 0 Å². The Hall–Kier alpha value is -3.87. The summed E-state index contributed by atoms with van der Waals surface area (Å²) in [6.45, 7) is 1.98. The summed E-state index contributed by atoms with van der Waals surface area (Å²) in [5, 5.41) is 5.94. The van der Waals surface area contributed by atoms with Crippen LogP contribution in [0.3, 0.4) is 0 Å². The lowest BCUT2D eigenvalue weighted by Gasteiger charge is -2.11. The summed E-state index contributed by atoms with van der Waals surface area (Å²) in [6, 6.07) is 15.8. The van der Waals surface area contributed by atoms with Crippen molar-refractivity contribution in [1.82, 2.24) is 4.98 Å². The number of amides is 1. The molecule has 1 aromatic heterocycles. The summed E-state index contributed by atoms with van der Waals surface area (Å²) in [5.74, 6) is -0.161. The molecule has 0 bridgehead atoms. The van der Waals surface area contributed by atoms with E-state index in [1.54, 1.807) is 50.6 Å². The Balaban J connectivity index is 1.77. The van der Waals surface area contributed by atoms with Gasteiger partial charge in [-0.05, 0) is 37.3 Å². The van der Waals surface area contributed by atoms with Crippen molar-refractivity contribution in [2.24, 2.45) is 0 Å². The summed E-state index contributed by atoms with van der Waals surface area (Å²) in [7, 11) is 1.60. The van der Waals surface area contributed by atoms with Crippen LogP contribution in [0.25, 0.3) is 0 Å². The predicted octanol–water partition coefficient (Wildman–Crippen LogP) is 4.26. The van der Waals surface area contributed by atoms with Crippen molar-refractivity contribution >= 4 is 28.9 Å². The quantitative estimate of drug-likeness (QED) is 0.585. The molecule has 0 saturated heterocycles. The molecule has 0 unspecified atom stereocenters. The van der Waals surface area contributed by atoms with Crippen molar-refractivity contribution in [3.8, 4) is 5.75 Å². The first-order valence-electron chi connectivity index (χ1n) is 9.04. The second-order valence-corrected chi connectivity index (χ2v) is 6.04. The summed E-state index contributed by atoms with van der Waals surface area (Å²) in [4.78, 5) is 28.9. The van der Waals surface area contributed by atoms with Gasteiger partial charge in [-0.2, -0.15) is 0 Å². The molecule has 2 N–H and O–H groups in total. The molecule has 0 radical (unpaired) electrons. The molecule has 7 heteroatoms. The van der Waals surface area contributed by atoms with Crippen LogP contribution in [0.2, 0.25) is 0 Å². The van der Waals surface area contributed by atoms with Gasteiger partial charge in [0.05, 0.1) is 42.4 Å². The standard InChI is InChI=1S/C22H21N3O4/c1-3-29-22(27)19-9-4-5-10-20(19)25-21(26)15-11-17(14-23-13-15)24-16-7-6-8-18(12-16)28-2/h4-14,24H,3H2,1-2H3,(H,25,26). The molecule has 0 spiro atoms. The first kappa shape index (κ1) is 19.9. The van der Waals surface area contributed by atoms with E-state index in [1.165, 1.54) is 6.20 Å². The minimum Gasteiger partial charge on any atom is -0.497 e. The monoisotopic (exact) mass is 391 g/mol. The van der Waals surface area contributed by atoms with Gasteiger partial charge in [0.2, 0.25) is 0 Å². The molecule has 0 fully saturated rings. The van der Waals surface area contributed by atoms with Gasteiger partial charge in [-0.1, -0.05) is 18.2 Å². The lowest BCUT2D eigenvalue weighted by Crippen LogP contribution is -2.16. The molecule has 1 amide bonds. The first-order valence-corrected chi connectivity index (χ1v) is 9.04. The Labute approximate surface area is 168 Å². The van der Waals surface area contributed by atoms with Crippen molar-refractivity contribution in [2.75, 3.05) is 24.4 Å². The maximum Gasteiger partial charge on any atom is 0.340 e. The predicted molar refractivity (Wildman–Crippen MR) is 111 cm³/mol. The molecule has 29 heavy (non-hydrogen) atoms. The van der Waals surface area contributed by atoms with Gasteiger partial charge in [0, 0.05) is 18.0 Å². The summed E-state index contributed by atoms with van der Waals surface area (Å²) in [5.41, 5.74) is 2.46. The van der Waals surface area contributed by atoms with Gasteiger partial charge >= 0.3 is 5.97 Å². The molecular formula is C22H21N3O4. The number of benzene rings is 2. The van der Waals surface area contributed by atoms with E-state index in [4.69, 9.17) is 9.47 Å². The Morgan fingerprint density at radius 2 is 1.83 bits per heavy atom. The number of rotatable bonds is 7. The second kappa shape index (κ2) is 9.36.